The molecule has 0 fully saturated rings. The molecule has 6 nitrogen and oxygen atoms in total. The van der Waals surface area contributed by atoms with Crippen molar-refractivity contribution in [1.82, 2.24) is 5.32 Å². The van der Waals surface area contributed by atoms with Gasteiger partial charge in [0, 0.05) is 12.8 Å². The zero-order chi connectivity index (χ0) is 65.6. The van der Waals surface area contributed by atoms with E-state index in [0.717, 1.165) is 51.4 Å². The number of amides is 1. The van der Waals surface area contributed by atoms with Gasteiger partial charge in [0.25, 0.3) is 0 Å². The maximum absolute atomic E-state index is 12.6. The van der Waals surface area contributed by atoms with Gasteiger partial charge in [0.2, 0.25) is 5.91 Å². The summed E-state index contributed by atoms with van der Waals surface area (Å²) in [7, 11) is 0. The van der Waals surface area contributed by atoms with Gasteiger partial charge in [0.05, 0.1) is 25.4 Å². The maximum Gasteiger partial charge on any atom is 0.305 e. The normalized spacial score (nSPS) is 12.5. The van der Waals surface area contributed by atoms with Gasteiger partial charge in [-0.2, -0.15) is 0 Å². The Kier molecular flexibility index (Phi) is 79.3. The van der Waals surface area contributed by atoms with E-state index in [-0.39, 0.29) is 18.5 Å². The first-order chi connectivity index (χ1) is 45.0. The van der Waals surface area contributed by atoms with Crippen LogP contribution < -0.4 is 5.32 Å². The predicted octanol–water partition coefficient (Wildman–Crippen LogP) is 28.0. The molecule has 0 aliphatic rings. The second-order valence-corrected chi connectivity index (χ2v) is 29.2. The third kappa shape index (κ3) is 77.2. The van der Waals surface area contributed by atoms with Gasteiger partial charge in [0.1, 0.15) is 0 Å². The molecule has 0 aliphatic heterocycles. The summed E-state index contributed by atoms with van der Waals surface area (Å²) in [4.78, 5) is 24.7. The van der Waals surface area contributed by atoms with Crippen LogP contribution in [-0.2, 0) is 14.3 Å². The lowest BCUT2D eigenvalue weighted by molar-refractivity contribution is -0.143. The molecule has 0 aromatic rings. The first-order valence-electron chi connectivity index (χ1n) is 42.1. The van der Waals surface area contributed by atoms with Crippen molar-refractivity contribution in [2.75, 3.05) is 13.2 Å². The Hall–Kier alpha value is -1.66. The van der Waals surface area contributed by atoms with Gasteiger partial charge in [-0.25, -0.2) is 0 Å². The summed E-state index contributed by atoms with van der Waals surface area (Å²) in [6, 6.07) is -0.538. The lowest BCUT2D eigenvalue weighted by Crippen LogP contribution is -2.45. The monoisotopic (exact) mass is 1280 g/mol. The topological polar surface area (TPSA) is 95.9 Å². The number of rotatable bonds is 80. The quantitative estimate of drug-likeness (QED) is 0.0320. The summed E-state index contributed by atoms with van der Waals surface area (Å²) in [6.07, 6.45) is 104. The van der Waals surface area contributed by atoms with Crippen LogP contribution in [0, 0.1) is 0 Å². The van der Waals surface area contributed by atoms with Crippen molar-refractivity contribution >= 4 is 11.9 Å². The summed E-state index contributed by atoms with van der Waals surface area (Å²) in [5.41, 5.74) is 0. The highest BCUT2D eigenvalue weighted by atomic mass is 16.5. The largest absolute Gasteiger partial charge is 0.466 e. The Labute approximate surface area is 571 Å². The van der Waals surface area contributed by atoms with E-state index in [2.05, 4.69) is 43.5 Å². The van der Waals surface area contributed by atoms with E-state index < -0.39 is 12.1 Å². The van der Waals surface area contributed by atoms with Crippen molar-refractivity contribution in [3.63, 3.8) is 0 Å². The van der Waals surface area contributed by atoms with Crippen molar-refractivity contribution in [3.05, 3.63) is 24.3 Å². The molecule has 3 N–H and O–H groups in total. The van der Waals surface area contributed by atoms with Crippen LogP contribution in [-0.4, -0.2) is 47.4 Å². The lowest BCUT2D eigenvalue weighted by Gasteiger charge is -2.22. The van der Waals surface area contributed by atoms with Gasteiger partial charge in [-0.1, -0.05) is 436 Å². The summed E-state index contributed by atoms with van der Waals surface area (Å²) >= 11 is 0. The SMILES string of the molecule is CCCCC/C=C\C/C=C\CCCCCCCC(=O)OCCCCCCCCCCCCCCCCCCCCCCCCCCCCCCCCCCCCCCCC(=O)NC(CO)C(O)CCCCCCCCCCCCCCCCCCCCCCCC. The summed E-state index contributed by atoms with van der Waals surface area (Å²) in [5, 5.41) is 23.5. The van der Waals surface area contributed by atoms with Crippen molar-refractivity contribution in [2.24, 2.45) is 0 Å². The highest BCUT2D eigenvalue weighted by molar-refractivity contribution is 5.76. The highest BCUT2D eigenvalue weighted by Gasteiger charge is 2.20. The van der Waals surface area contributed by atoms with Gasteiger partial charge < -0.3 is 20.3 Å². The minimum atomic E-state index is -0.661. The number of aliphatic hydroxyl groups is 2. The van der Waals surface area contributed by atoms with E-state index in [1.807, 2.05) is 0 Å². The Bertz CT molecular complexity index is 1430. The summed E-state index contributed by atoms with van der Waals surface area (Å²) < 4.78 is 5.50. The van der Waals surface area contributed by atoms with Crippen molar-refractivity contribution < 1.29 is 24.5 Å². The molecule has 0 saturated heterocycles. The predicted molar refractivity (Wildman–Crippen MR) is 403 cm³/mol. The molecule has 540 valence electrons. The molecular weight excluding hydrogens is 1110 g/mol. The summed E-state index contributed by atoms with van der Waals surface area (Å²) in [6.45, 7) is 4.98. The van der Waals surface area contributed by atoms with Crippen molar-refractivity contribution in [3.8, 4) is 0 Å². The van der Waals surface area contributed by atoms with Gasteiger partial charge in [-0.15, -0.1) is 0 Å². The molecule has 0 heterocycles. The third-order valence-electron chi connectivity index (χ3n) is 20.0. The average Bonchev–Trinajstić information content (AvgIpc) is 3.69. The fourth-order valence-corrected chi connectivity index (χ4v) is 13.6. The van der Waals surface area contributed by atoms with Crippen LogP contribution in [0.15, 0.2) is 24.3 Å². The second-order valence-electron chi connectivity index (χ2n) is 29.2. The molecule has 2 atom stereocenters. The third-order valence-corrected chi connectivity index (χ3v) is 20.0. The van der Waals surface area contributed by atoms with E-state index in [1.165, 1.54) is 398 Å². The Morgan fingerprint density at radius 1 is 0.308 bits per heavy atom. The molecule has 1 amide bonds. The van der Waals surface area contributed by atoms with E-state index in [0.29, 0.717) is 25.9 Å². The molecule has 0 rings (SSSR count). The second kappa shape index (κ2) is 80.8. The number of unbranched alkanes of at least 4 members (excludes halogenated alkanes) is 65. The van der Waals surface area contributed by atoms with Crippen LogP contribution in [0.4, 0.5) is 0 Å². The number of carbonyl (C=O) groups is 2. The van der Waals surface area contributed by atoms with Crippen LogP contribution >= 0.6 is 0 Å². The zero-order valence-corrected chi connectivity index (χ0v) is 62.1. The van der Waals surface area contributed by atoms with Gasteiger partial charge >= 0.3 is 5.97 Å². The minimum Gasteiger partial charge on any atom is -0.466 e. The van der Waals surface area contributed by atoms with Gasteiger partial charge in [-0.3, -0.25) is 9.59 Å². The van der Waals surface area contributed by atoms with Crippen LogP contribution in [0.1, 0.15) is 483 Å². The van der Waals surface area contributed by atoms with Crippen LogP contribution in [0.5, 0.6) is 0 Å². The molecule has 91 heavy (non-hydrogen) atoms. The fourth-order valence-electron chi connectivity index (χ4n) is 13.6. The molecule has 0 aliphatic carbocycles. The Morgan fingerprint density at radius 2 is 0.549 bits per heavy atom. The fraction of sp³-hybridized carbons (Fsp3) is 0.929. The molecule has 0 saturated carbocycles. The molecule has 6 heteroatoms. The molecule has 2 unspecified atom stereocenters. The maximum atomic E-state index is 12.6. The van der Waals surface area contributed by atoms with Gasteiger partial charge in [-0.05, 0) is 57.8 Å². The molecular formula is C85H165NO5. The van der Waals surface area contributed by atoms with Crippen molar-refractivity contribution in [2.45, 2.75) is 495 Å². The molecule has 0 spiro atoms. The number of hydrogen-bond donors (Lipinski definition) is 3. The van der Waals surface area contributed by atoms with Gasteiger partial charge in [0.15, 0.2) is 0 Å². The number of carbonyl (C=O) groups excluding carboxylic acids is 2. The Balaban J connectivity index is 3.31. The number of aliphatic hydroxyl groups excluding tert-OH is 2. The van der Waals surface area contributed by atoms with Crippen LogP contribution in [0.3, 0.4) is 0 Å². The lowest BCUT2D eigenvalue weighted by atomic mass is 10.0. The average molecular weight is 1280 g/mol. The summed E-state index contributed by atoms with van der Waals surface area (Å²) in [5.74, 6) is -0.0131. The van der Waals surface area contributed by atoms with E-state index in [1.54, 1.807) is 0 Å². The van der Waals surface area contributed by atoms with Crippen LogP contribution in [0.25, 0.3) is 0 Å². The van der Waals surface area contributed by atoms with Crippen LogP contribution in [0.2, 0.25) is 0 Å². The molecule has 0 aromatic heterocycles. The van der Waals surface area contributed by atoms with E-state index >= 15 is 0 Å². The molecule has 0 radical (unpaired) electrons. The molecule has 0 bridgehead atoms. The highest BCUT2D eigenvalue weighted by Crippen LogP contribution is 2.21. The Morgan fingerprint density at radius 3 is 0.857 bits per heavy atom. The standard InChI is InChI=1S/C85H165NO5/c1-3-5-7-9-11-13-15-17-19-20-21-22-40-43-46-50-53-57-61-65-69-73-77-83(88)82(81-87)86-84(89)78-74-70-66-62-58-54-51-47-44-41-38-36-34-32-30-28-26-24-23-25-27-29-31-33-35-37-39-42-45-48-52-56-60-64-68-72-76-80-91-85(90)79-75-71-67-63-59-55-49-18-16-14-12-10-8-6-4-2/h12,14,18,49,82-83,87-88H,3-11,13,15-17,19-48,50-81H2,1-2H3,(H,86,89)/b14-12-,49-18-. The number of hydrogen-bond acceptors (Lipinski definition) is 5. The number of nitrogens with one attached hydrogen (secondary N) is 1. The minimum absolute atomic E-state index is 0.0103. The first-order valence-corrected chi connectivity index (χ1v) is 42.1. The van der Waals surface area contributed by atoms with E-state index in [4.69, 9.17) is 4.74 Å². The first kappa shape index (κ1) is 89.3. The van der Waals surface area contributed by atoms with E-state index in [9.17, 15) is 19.8 Å². The number of allylic oxidation sites excluding steroid dienone is 4. The number of ether oxygens (including phenoxy) is 1. The number of esters is 1. The smallest absolute Gasteiger partial charge is 0.305 e. The molecule has 0 aromatic carbocycles. The van der Waals surface area contributed by atoms with Crippen molar-refractivity contribution in [1.29, 1.82) is 0 Å². The zero-order valence-electron chi connectivity index (χ0n) is 62.1.